The van der Waals surface area contributed by atoms with Gasteiger partial charge in [-0.3, -0.25) is 14.6 Å². The number of hydrogen-bond donors (Lipinski definition) is 0. The lowest BCUT2D eigenvalue weighted by atomic mass is 10.1. The van der Waals surface area contributed by atoms with Gasteiger partial charge in [0, 0.05) is 31.7 Å². The summed E-state index contributed by atoms with van der Waals surface area (Å²) in [6.07, 6.45) is -3.71. The van der Waals surface area contributed by atoms with Crippen LogP contribution in [0.1, 0.15) is 22.3 Å². The van der Waals surface area contributed by atoms with Crippen molar-refractivity contribution in [3.05, 3.63) is 59.7 Å². The van der Waals surface area contributed by atoms with Crippen LogP contribution in [-0.2, 0) is 10.9 Å². The van der Waals surface area contributed by atoms with Gasteiger partial charge in [-0.2, -0.15) is 13.2 Å². The molecule has 4 rings (SSSR count). The Morgan fingerprint density at radius 2 is 1.81 bits per heavy atom. The van der Waals surface area contributed by atoms with Gasteiger partial charge in [-0.1, -0.05) is 23.5 Å². The van der Waals surface area contributed by atoms with Crippen LogP contribution in [0.3, 0.4) is 0 Å². The number of rotatable bonds is 6. The third-order valence-electron chi connectivity index (χ3n) is 5.18. The molecule has 0 aliphatic carbocycles. The summed E-state index contributed by atoms with van der Waals surface area (Å²) >= 11 is 1.40. The maximum absolute atomic E-state index is 13.2. The normalized spacial score (nSPS) is 15.3. The molecular weight excluding hydrogens is 427 g/mol. The smallest absolute Gasteiger partial charge is 0.379 e. The highest BCUT2D eigenvalue weighted by atomic mass is 32.1. The second-order valence-electron chi connectivity index (χ2n) is 7.30. The topological polar surface area (TPSA) is 45.7 Å². The highest BCUT2D eigenvalue weighted by Crippen LogP contribution is 2.31. The number of para-hydroxylation sites is 1. The van der Waals surface area contributed by atoms with Crippen molar-refractivity contribution in [3.8, 4) is 0 Å². The summed E-state index contributed by atoms with van der Waals surface area (Å²) < 4.78 is 45.0. The lowest BCUT2D eigenvalue weighted by Crippen LogP contribution is -2.39. The standard InChI is InChI=1S/C22H22F3N3O2S/c23-22(24,25)17-8-6-16(7-9-17)20(29)28(11-3-10-27-12-14-30-15-13-27)21-26-18-4-1-2-5-19(18)31-21/h1-2,4-9H,3,10-15H2. The Labute approximate surface area is 182 Å². The first-order valence-electron chi connectivity index (χ1n) is 10.1. The number of alkyl halides is 3. The van der Waals surface area contributed by atoms with E-state index in [1.165, 1.54) is 23.5 Å². The van der Waals surface area contributed by atoms with Crippen LogP contribution in [0.4, 0.5) is 18.3 Å². The molecule has 9 heteroatoms. The Hall–Kier alpha value is -2.49. The fourth-order valence-corrected chi connectivity index (χ4v) is 4.48. The fourth-order valence-electron chi connectivity index (χ4n) is 3.49. The molecule has 0 spiro atoms. The van der Waals surface area contributed by atoms with Crippen LogP contribution in [0.5, 0.6) is 0 Å². The van der Waals surface area contributed by atoms with E-state index in [9.17, 15) is 18.0 Å². The molecule has 1 aliphatic heterocycles. The number of amides is 1. The number of halogens is 3. The summed E-state index contributed by atoms with van der Waals surface area (Å²) in [6, 6.07) is 11.9. The molecule has 164 valence electrons. The third kappa shape index (κ3) is 5.23. The van der Waals surface area contributed by atoms with Crippen molar-refractivity contribution in [3.63, 3.8) is 0 Å². The number of fused-ring (bicyclic) bond motifs is 1. The van der Waals surface area contributed by atoms with Crippen molar-refractivity contribution in [2.75, 3.05) is 44.3 Å². The molecule has 1 saturated heterocycles. The largest absolute Gasteiger partial charge is 0.416 e. The molecule has 0 N–H and O–H groups in total. The molecule has 1 aromatic heterocycles. The monoisotopic (exact) mass is 449 g/mol. The molecule has 2 aromatic carbocycles. The first kappa shape index (κ1) is 21.7. The Bertz CT molecular complexity index is 997. The highest BCUT2D eigenvalue weighted by molar-refractivity contribution is 7.22. The van der Waals surface area contributed by atoms with Crippen LogP contribution in [0, 0.1) is 0 Å². The van der Waals surface area contributed by atoms with Gasteiger partial charge in [0.15, 0.2) is 5.13 Å². The molecule has 0 atom stereocenters. The quantitative estimate of drug-likeness (QED) is 0.548. The van der Waals surface area contributed by atoms with E-state index in [1.807, 2.05) is 24.3 Å². The Morgan fingerprint density at radius 3 is 2.48 bits per heavy atom. The van der Waals surface area contributed by atoms with Crippen LogP contribution >= 0.6 is 11.3 Å². The first-order chi connectivity index (χ1) is 14.9. The number of anilines is 1. The number of hydrogen-bond acceptors (Lipinski definition) is 5. The molecule has 1 amide bonds. The lowest BCUT2D eigenvalue weighted by molar-refractivity contribution is -0.137. The van der Waals surface area contributed by atoms with Crippen molar-refractivity contribution in [2.45, 2.75) is 12.6 Å². The minimum atomic E-state index is -4.44. The Morgan fingerprint density at radius 1 is 1.10 bits per heavy atom. The van der Waals surface area contributed by atoms with E-state index in [1.54, 1.807) is 4.90 Å². The molecule has 31 heavy (non-hydrogen) atoms. The van der Waals surface area contributed by atoms with Crippen LogP contribution in [0.2, 0.25) is 0 Å². The predicted molar refractivity (Wildman–Crippen MR) is 115 cm³/mol. The average molecular weight is 449 g/mol. The van der Waals surface area contributed by atoms with E-state index in [2.05, 4.69) is 9.88 Å². The molecule has 3 aromatic rings. The van der Waals surface area contributed by atoms with Gasteiger partial charge in [0.1, 0.15) is 0 Å². The molecule has 1 fully saturated rings. The number of benzene rings is 2. The van der Waals surface area contributed by atoms with E-state index in [-0.39, 0.29) is 11.5 Å². The SMILES string of the molecule is O=C(c1ccc(C(F)(F)F)cc1)N(CCCN1CCOCC1)c1nc2ccccc2s1. The minimum Gasteiger partial charge on any atom is -0.379 e. The van der Waals surface area contributed by atoms with Crippen molar-refractivity contribution in [1.29, 1.82) is 0 Å². The highest BCUT2D eigenvalue weighted by Gasteiger charge is 2.30. The molecular formula is C22H22F3N3O2S. The van der Waals surface area contributed by atoms with Crippen LogP contribution in [-0.4, -0.2) is 55.2 Å². The second-order valence-corrected chi connectivity index (χ2v) is 8.31. The van der Waals surface area contributed by atoms with E-state index in [0.29, 0.717) is 24.9 Å². The van der Waals surface area contributed by atoms with Gasteiger partial charge in [0.05, 0.1) is 29.0 Å². The van der Waals surface area contributed by atoms with Gasteiger partial charge in [0.25, 0.3) is 5.91 Å². The number of carbonyl (C=O) groups excluding carboxylic acids is 1. The number of thiazole rings is 1. The van der Waals surface area contributed by atoms with E-state index >= 15 is 0 Å². The molecule has 0 saturated carbocycles. The van der Waals surface area contributed by atoms with Gasteiger partial charge >= 0.3 is 6.18 Å². The summed E-state index contributed by atoms with van der Waals surface area (Å²) in [5, 5.41) is 0.549. The zero-order chi connectivity index (χ0) is 21.8. The third-order valence-corrected chi connectivity index (χ3v) is 6.24. The summed E-state index contributed by atoms with van der Waals surface area (Å²) in [7, 11) is 0. The van der Waals surface area contributed by atoms with Gasteiger partial charge in [-0.05, 0) is 42.8 Å². The van der Waals surface area contributed by atoms with Crippen molar-refractivity contribution in [2.24, 2.45) is 0 Å². The number of ether oxygens (including phenoxy) is 1. The predicted octanol–water partition coefficient (Wildman–Crippen LogP) is 4.68. The maximum Gasteiger partial charge on any atom is 0.416 e. The second kappa shape index (κ2) is 9.33. The molecule has 1 aliphatic rings. The zero-order valence-corrected chi connectivity index (χ0v) is 17.6. The van der Waals surface area contributed by atoms with Gasteiger partial charge in [0.2, 0.25) is 0 Å². The number of carbonyl (C=O) groups is 1. The van der Waals surface area contributed by atoms with Gasteiger partial charge in [-0.15, -0.1) is 0 Å². The van der Waals surface area contributed by atoms with Crippen molar-refractivity contribution >= 4 is 32.6 Å². The van der Waals surface area contributed by atoms with E-state index in [4.69, 9.17) is 4.74 Å². The summed E-state index contributed by atoms with van der Waals surface area (Å²) in [5.41, 5.74) is 0.224. The molecule has 5 nitrogen and oxygen atoms in total. The fraction of sp³-hybridized carbons (Fsp3) is 0.364. The zero-order valence-electron chi connectivity index (χ0n) is 16.8. The Balaban J connectivity index is 1.55. The molecule has 0 unspecified atom stereocenters. The summed E-state index contributed by atoms with van der Waals surface area (Å²) in [6.45, 7) is 4.35. The number of nitrogens with zero attached hydrogens (tertiary/aromatic N) is 3. The number of morpholine rings is 1. The molecule has 0 bridgehead atoms. The van der Waals surface area contributed by atoms with Crippen LogP contribution in [0.25, 0.3) is 10.2 Å². The summed E-state index contributed by atoms with van der Waals surface area (Å²) in [5.74, 6) is -0.352. The van der Waals surface area contributed by atoms with E-state index < -0.39 is 11.7 Å². The average Bonchev–Trinajstić information content (AvgIpc) is 3.20. The Kier molecular flexibility index (Phi) is 6.54. The van der Waals surface area contributed by atoms with Crippen molar-refractivity contribution in [1.82, 2.24) is 9.88 Å². The van der Waals surface area contributed by atoms with Crippen LogP contribution in [0.15, 0.2) is 48.5 Å². The van der Waals surface area contributed by atoms with Gasteiger partial charge < -0.3 is 4.74 Å². The molecule has 0 radical (unpaired) electrons. The first-order valence-corrected chi connectivity index (χ1v) is 10.9. The lowest BCUT2D eigenvalue weighted by Gasteiger charge is -2.27. The van der Waals surface area contributed by atoms with Gasteiger partial charge in [-0.25, -0.2) is 4.98 Å². The van der Waals surface area contributed by atoms with Crippen LogP contribution < -0.4 is 4.90 Å². The number of aromatic nitrogens is 1. The molecule has 2 heterocycles. The summed E-state index contributed by atoms with van der Waals surface area (Å²) in [4.78, 5) is 21.7. The van der Waals surface area contributed by atoms with Crippen molar-refractivity contribution < 1.29 is 22.7 Å². The maximum atomic E-state index is 13.2. The minimum absolute atomic E-state index is 0.207. The van der Waals surface area contributed by atoms with E-state index in [0.717, 1.165) is 48.4 Å².